The van der Waals surface area contributed by atoms with E-state index >= 15 is 0 Å². The van der Waals surface area contributed by atoms with E-state index in [9.17, 15) is 13.2 Å². The molecule has 4 nitrogen and oxygen atoms in total. The van der Waals surface area contributed by atoms with Crippen molar-refractivity contribution in [2.45, 2.75) is 16.7 Å². The molecule has 110 valence electrons. The lowest BCUT2D eigenvalue weighted by Crippen LogP contribution is -2.25. The molecule has 0 aliphatic rings. The minimum Gasteiger partial charge on any atom is -0.314 e. The van der Waals surface area contributed by atoms with E-state index in [1.54, 1.807) is 37.4 Å². The third kappa shape index (κ3) is 3.16. The Morgan fingerprint density at radius 3 is 2.29 bits per heavy atom. The molecule has 2 rings (SSSR count). The first-order chi connectivity index (χ1) is 9.84. The second kappa shape index (κ2) is 5.99. The fraction of sp³-hybridized carbons (Fsp3) is 0.133. The molecule has 0 bridgehead atoms. The molecule has 1 amide bonds. The molecule has 21 heavy (non-hydrogen) atoms. The van der Waals surface area contributed by atoms with Crippen LogP contribution in [0.5, 0.6) is 0 Å². The Morgan fingerprint density at radius 2 is 1.71 bits per heavy atom. The standard InChI is InChI=1S/C15H14BrNO3S/c1-11(18)17(2)14-10-12(16)8-9-15(14)21(19,20)13-6-4-3-5-7-13/h3-10H,1-2H3. The lowest BCUT2D eigenvalue weighted by molar-refractivity contribution is -0.116. The Balaban J connectivity index is 2.67. The second-order valence-electron chi connectivity index (χ2n) is 4.51. The predicted octanol–water partition coefficient (Wildman–Crippen LogP) is 3.26. The lowest BCUT2D eigenvalue weighted by atomic mass is 10.3. The predicted molar refractivity (Wildman–Crippen MR) is 85.1 cm³/mol. The Labute approximate surface area is 132 Å². The summed E-state index contributed by atoms with van der Waals surface area (Å²) in [6, 6.07) is 12.9. The molecule has 0 saturated heterocycles. The van der Waals surface area contributed by atoms with Crippen molar-refractivity contribution in [2.24, 2.45) is 0 Å². The summed E-state index contributed by atoms with van der Waals surface area (Å²) in [6.07, 6.45) is 0. The van der Waals surface area contributed by atoms with E-state index in [-0.39, 0.29) is 15.7 Å². The van der Waals surface area contributed by atoms with Crippen molar-refractivity contribution in [3.05, 3.63) is 53.0 Å². The zero-order valence-corrected chi connectivity index (χ0v) is 14.0. The van der Waals surface area contributed by atoms with Crippen molar-refractivity contribution in [3.8, 4) is 0 Å². The molecule has 0 heterocycles. The van der Waals surface area contributed by atoms with Crippen molar-refractivity contribution in [1.29, 1.82) is 0 Å². The van der Waals surface area contributed by atoms with Gasteiger partial charge in [-0.05, 0) is 30.3 Å². The van der Waals surface area contributed by atoms with Gasteiger partial charge in [0.05, 0.1) is 15.5 Å². The fourth-order valence-corrected chi connectivity index (χ4v) is 3.71. The van der Waals surface area contributed by atoms with Crippen LogP contribution in [0.1, 0.15) is 6.92 Å². The molecule has 0 N–H and O–H groups in total. The summed E-state index contributed by atoms with van der Waals surface area (Å²) in [5.74, 6) is -0.238. The number of nitrogens with zero attached hydrogens (tertiary/aromatic N) is 1. The van der Waals surface area contributed by atoms with Crippen molar-refractivity contribution in [3.63, 3.8) is 0 Å². The van der Waals surface area contributed by atoms with E-state index in [1.165, 1.54) is 30.0 Å². The van der Waals surface area contributed by atoms with Gasteiger partial charge >= 0.3 is 0 Å². The number of amides is 1. The number of benzene rings is 2. The van der Waals surface area contributed by atoms with E-state index in [1.807, 2.05) is 0 Å². The maximum atomic E-state index is 12.7. The minimum absolute atomic E-state index is 0.106. The molecule has 0 atom stereocenters. The van der Waals surface area contributed by atoms with Crippen LogP contribution in [0, 0.1) is 0 Å². The highest BCUT2D eigenvalue weighted by Crippen LogP contribution is 2.32. The van der Waals surface area contributed by atoms with E-state index in [4.69, 9.17) is 0 Å². The van der Waals surface area contributed by atoms with Gasteiger partial charge in [-0.25, -0.2) is 8.42 Å². The highest BCUT2D eigenvalue weighted by atomic mass is 79.9. The number of hydrogen-bond donors (Lipinski definition) is 0. The first-order valence-electron chi connectivity index (χ1n) is 6.18. The molecule has 2 aromatic rings. The smallest absolute Gasteiger partial charge is 0.223 e. The van der Waals surface area contributed by atoms with Gasteiger partial charge in [0.2, 0.25) is 15.7 Å². The maximum Gasteiger partial charge on any atom is 0.223 e. The summed E-state index contributed by atoms with van der Waals surface area (Å²) in [6.45, 7) is 1.39. The van der Waals surface area contributed by atoms with Gasteiger partial charge in [-0.2, -0.15) is 0 Å². The van der Waals surface area contributed by atoms with Crippen LogP contribution in [-0.4, -0.2) is 21.4 Å². The van der Waals surface area contributed by atoms with Crippen molar-refractivity contribution in [2.75, 3.05) is 11.9 Å². The van der Waals surface area contributed by atoms with E-state index in [0.717, 1.165) is 0 Å². The summed E-state index contributed by atoms with van der Waals surface area (Å²) in [5, 5.41) is 0. The van der Waals surface area contributed by atoms with Gasteiger partial charge in [0.15, 0.2) is 0 Å². The normalized spacial score (nSPS) is 11.2. The monoisotopic (exact) mass is 367 g/mol. The molecule has 0 spiro atoms. The van der Waals surface area contributed by atoms with Crippen LogP contribution >= 0.6 is 15.9 Å². The van der Waals surface area contributed by atoms with Crippen LogP contribution in [0.4, 0.5) is 5.69 Å². The summed E-state index contributed by atoms with van der Waals surface area (Å²) >= 11 is 3.30. The van der Waals surface area contributed by atoms with Crippen LogP contribution in [0.25, 0.3) is 0 Å². The van der Waals surface area contributed by atoms with Crippen LogP contribution in [0.15, 0.2) is 62.8 Å². The zero-order chi connectivity index (χ0) is 15.6. The van der Waals surface area contributed by atoms with Crippen molar-refractivity contribution < 1.29 is 13.2 Å². The van der Waals surface area contributed by atoms with Gasteiger partial charge in [-0.15, -0.1) is 0 Å². The average Bonchev–Trinajstić information content (AvgIpc) is 2.47. The Hall–Kier alpha value is -1.66. The van der Waals surface area contributed by atoms with Gasteiger partial charge in [0.25, 0.3) is 0 Å². The molecule has 2 aromatic carbocycles. The third-order valence-corrected chi connectivity index (χ3v) is 5.41. The summed E-state index contributed by atoms with van der Waals surface area (Å²) in [5.41, 5.74) is 0.348. The number of sulfone groups is 1. The highest BCUT2D eigenvalue weighted by Gasteiger charge is 2.24. The number of halogens is 1. The second-order valence-corrected chi connectivity index (χ2v) is 7.34. The average molecular weight is 368 g/mol. The van der Waals surface area contributed by atoms with E-state index in [2.05, 4.69) is 15.9 Å². The largest absolute Gasteiger partial charge is 0.314 e. The summed E-state index contributed by atoms with van der Waals surface area (Å²) in [7, 11) is -2.13. The molecule has 0 saturated carbocycles. The van der Waals surface area contributed by atoms with Gasteiger partial charge < -0.3 is 4.90 Å². The Bertz CT molecular complexity index is 773. The minimum atomic E-state index is -3.68. The number of hydrogen-bond acceptors (Lipinski definition) is 3. The molecule has 0 radical (unpaired) electrons. The number of rotatable bonds is 3. The maximum absolute atomic E-state index is 12.7. The lowest BCUT2D eigenvalue weighted by Gasteiger charge is -2.19. The molecule has 0 fully saturated rings. The molecule has 0 aromatic heterocycles. The SMILES string of the molecule is CC(=O)N(C)c1cc(Br)ccc1S(=O)(=O)c1ccccc1. The van der Waals surface area contributed by atoms with Crippen molar-refractivity contribution >= 4 is 37.4 Å². The van der Waals surface area contributed by atoms with Gasteiger partial charge in [-0.1, -0.05) is 34.1 Å². The third-order valence-electron chi connectivity index (χ3n) is 3.10. The van der Waals surface area contributed by atoms with Crippen LogP contribution in [-0.2, 0) is 14.6 Å². The summed E-state index contributed by atoms with van der Waals surface area (Å²) in [4.78, 5) is 13.2. The molecular formula is C15H14BrNO3S. The highest BCUT2D eigenvalue weighted by molar-refractivity contribution is 9.10. The first kappa shape index (κ1) is 15.7. The quantitative estimate of drug-likeness (QED) is 0.836. The topological polar surface area (TPSA) is 54.5 Å². The number of anilines is 1. The Morgan fingerprint density at radius 1 is 1.10 bits per heavy atom. The zero-order valence-electron chi connectivity index (χ0n) is 11.6. The van der Waals surface area contributed by atoms with Gasteiger partial charge in [-0.3, -0.25) is 4.79 Å². The fourth-order valence-electron chi connectivity index (χ4n) is 1.88. The molecule has 0 unspecified atom stereocenters. The summed E-state index contributed by atoms with van der Waals surface area (Å²) < 4.78 is 26.2. The number of carbonyl (C=O) groups is 1. The van der Waals surface area contributed by atoms with Crippen molar-refractivity contribution in [1.82, 2.24) is 0 Å². The van der Waals surface area contributed by atoms with E-state index in [0.29, 0.717) is 10.2 Å². The number of carbonyl (C=O) groups excluding carboxylic acids is 1. The van der Waals surface area contributed by atoms with Gasteiger partial charge in [0, 0.05) is 18.4 Å². The molecule has 0 aliphatic heterocycles. The van der Waals surface area contributed by atoms with E-state index < -0.39 is 9.84 Å². The molecular weight excluding hydrogens is 354 g/mol. The van der Waals surface area contributed by atoms with Gasteiger partial charge in [0.1, 0.15) is 0 Å². The van der Waals surface area contributed by atoms with Crippen LogP contribution in [0.3, 0.4) is 0 Å². The van der Waals surface area contributed by atoms with Crippen LogP contribution in [0.2, 0.25) is 0 Å². The van der Waals surface area contributed by atoms with Crippen LogP contribution < -0.4 is 4.90 Å². The first-order valence-corrected chi connectivity index (χ1v) is 8.45. The molecule has 6 heteroatoms. The molecule has 0 aliphatic carbocycles. The Kier molecular flexibility index (Phi) is 4.49.